The Kier molecular flexibility index (Phi) is 5.11. The van der Waals surface area contributed by atoms with Crippen molar-refractivity contribution in [3.63, 3.8) is 0 Å². The van der Waals surface area contributed by atoms with Crippen molar-refractivity contribution in [1.82, 2.24) is 4.57 Å². The van der Waals surface area contributed by atoms with Crippen molar-refractivity contribution in [1.29, 1.82) is 10.5 Å². The first-order valence-corrected chi connectivity index (χ1v) is 6.90. The van der Waals surface area contributed by atoms with Crippen LogP contribution in [-0.4, -0.2) is 21.7 Å². The Morgan fingerprint density at radius 1 is 1.28 bits per heavy atom. The molecule has 1 aromatic carbocycles. The van der Waals surface area contributed by atoms with Gasteiger partial charge in [0.2, 0.25) is 0 Å². The summed E-state index contributed by atoms with van der Waals surface area (Å²) >= 11 is 0. The molecule has 1 heterocycles. The van der Waals surface area contributed by atoms with E-state index in [1.807, 2.05) is 6.07 Å². The van der Waals surface area contributed by atoms with Gasteiger partial charge in [0.1, 0.15) is 6.07 Å². The van der Waals surface area contributed by atoms with Gasteiger partial charge >= 0.3 is 6.18 Å². The number of benzene rings is 1. The molecule has 1 aromatic heterocycles. The summed E-state index contributed by atoms with van der Waals surface area (Å²) in [5.41, 5.74) is -1.59. The Morgan fingerprint density at radius 3 is 2.56 bits per heavy atom. The predicted octanol–water partition coefficient (Wildman–Crippen LogP) is 2.25. The average molecular weight is 348 g/mol. The van der Waals surface area contributed by atoms with Crippen LogP contribution in [0.25, 0.3) is 0 Å². The highest BCUT2D eigenvalue weighted by Gasteiger charge is 2.34. The standard InChI is InChI=1S/C16H11F3N4O2/c17-16(18,19)13-5-12(2-1-11(13)7-21)22-15(25)14(24)9-23-4-3-10(6-20)8-23/h1-5,8,14,24H,9H2,(H,22,25)/t14-/m0/s1. The molecule has 2 rings (SSSR count). The molecule has 1 atom stereocenters. The lowest BCUT2D eigenvalue weighted by Gasteiger charge is -2.14. The fourth-order valence-corrected chi connectivity index (χ4v) is 2.08. The van der Waals surface area contributed by atoms with E-state index in [1.165, 1.54) is 29.1 Å². The quantitative estimate of drug-likeness (QED) is 0.885. The minimum absolute atomic E-state index is 0.171. The van der Waals surface area contributed by atoms with Crippen molar-refractivity contribution in [3.05, 3.63) is 53.3 Å². The maximum atomic E-state index is 12.9. The Balaban J connectivity index is 2.12. The molecule has 0 radical (unpaired) electrons. The molecule has 6 nitrogen and oxygen atoms in total. The number of carbonyl (C=O) groups is 1. The molecule has 25 heavy (non-hydrogen) atoms. The highest BCUT2D eigenvalue weighted by molar-refractivity contribution is 5.94. The third-order valence-corrected chi connectivity index (χ3v) is 3.28. The van der Waals surface area contributed by atoms with E-state index in [9.17, 15) is 23.1 Å². The van der Waals surface area contributed by atoms with Crippen LogP contribution >= 0.6 is 0 Å². The molecule has 0 aliphatic heterocycles. The first kappa shape index (κ1) is 18.0. The molecule has 2 aromatic rings. The average Bonchev–Trinajstić information content (AvgIpc) is 3.01. The SMILES string of the molecule is N#Cc1ccn(C[C@H](O)C(=O)Nc2ccc(C#N)c(C(F)(F)F)c2)c1. The lowest BCUT2D eigenvalue weighted by atomic mass is 10.1. The van der Waals surface area contributed by atoms with Crippen LogP contribution in [0, 0.1) is 22.7 Å². The molecule has 0 aliphatic carbocycles. The molecule has 2 N–H and O–H groups in total. The van der Waals surface area contributed by atoms with E-state index in [0.29, 0.717) is 11.6 Å². The zero-order chi connectivity index (χ0) is 18.6. The Hall–Kier alpha value is -3.30. The third kappa shape index (κ3) is 4.37. The van der Waals surface area contributed by atoms with Crippen LogP contribution in [0.1, 0.15) is 16.7 Å². The summed E-state index contributed by atoms with van der Waals surface area (Å²) in [5, 5.41) is 29.5. The first-order chi connectivity index (χ1) is 11.7. The first-order valence-electron chi connectivity index (χ1n) is 6.90. The fraction of sp³-hybridized carbons (Fsp3) is 0.188. The molecular weight excluding hydrogens is 337 g/mol. The second-order valence-corrected chi connectivity index (χ2v) is 5.08. The molecule has 1 amide bonds. The maximum Gasteiger partial charge on any atom is 0.417 e. The van der Waals surface area contributed by atoms with E-state index in [2.05, 4.69) is 5.32 Å². The van der Waals surface area contributed by atoms with E-state index in [0.717, 1.165) is 12.1 Å². The highest BCUT2D eigenvalue weighted by Crippen LogP contribution is 2.33. The van der Waals surface area contributed by atoms with Crippen molar-refractivity contribution in [2.75, 3.05) is 5.32 Å². The minimum atomic E-state index is -4.75. The van der Waals surface area contributed by atoms with Crippen molar-refractivity contribution in [3.8, 4) is 12.1 Å². The zero-order valence-electron chi connectivity index (χ0n) is 12.6. The van der Waals surface area contributed by atoms with Crippen LogP contribution in [0.4, 0.5) is 18.9 Å². The summed E-state index contributed by atoms with van der Waals surface area (Å²) in [6.45, 7) is -0.171. The van der Waals surface area contributed by atoms with E-state index in [-0.39, 0.29) is 12.2 Å². The molecule has 0 aliphatic rings. The lowest BCUT2D eigenvalue weighted by molar-refractivity contribution is -0.137. The number of aliphatic hydroxyl groups is 1. The Morgan fingerprint density at radius 2 is 2.00 bits per heavy atom. The van der Waals surface area contributed by atoms with Gasteiger partial charge in [-0.15, -0.1) is 0 Å². The maximum absolute atomic E-state index is 12.9. The van der Waals surface area contributed by atoms with Crippen LogP contribution in [0.3, 0.4) is 0 Å². The fourth-order valence-electron chi connectivity index (χ4n) is 2.08. The molecule has 128 valence electrons. The predicted molar refractivity (Wildman–Crippen MR) is 79.9 cm³/mol. The van der Waals surface area contributed by atoms with E-state index in [4.69, 9.17) is 10.5 Å². The summed E-state index contributed by atoms with van der Waals surface area (Å²) in [6.07, 6.45) is -3.38. The number of aliphatic hydroxyl groups excluding tert-OH is 1. The van der Waals surface area contributed by atoms with Crippen molar-refractivity contribution < 1.29 is 23.1 Å². The summed E-state index contributed by atoms with van der Waals surface area (Å²) in [5.74, 6) is -0.912. The summed E-state index contributed by atoms with van der Waals surface area (Å²) in [7, 11) is 0. The number of nitriles is 2. The summed E-state index contributed by atoms with van der Waals surface area (Å²) in [6, 6.07) is 7.52. The van der Waals surface area contributed by atoms with Crippen LogP contribution in [0.15, 0.2) is 36.7 Å². The van der Waals surface area contributed by atoms with Gasteiger partial charge in [0.15, 0.2) is 6.10 Å². The molecule has 0 spiro atoms. The molecule has 0 bridgehead atoms. The number of nitrogens with zero attached hydrogens (tertiary/aromatic N) is 3. The second-order valence-electron chi connectivity index (χ2n) is 5.08. The minimum Gasteiger partial charge on any atom is -0.381 e. The molecule has 9 heteroatoms. The van der Waals surface area contributed by atoms with Gasteiger partial charge in [0, 0.05) is 18.1 Å². The van der Waals surface area contributed by atoms with Gasteiger partial charge in [0.05, 0.1) is 29.3 Å². The van der Waals surface area contributed by atoms with Gasteiger partial charge in [-0.1, -0.05) is 0 Å². The molecular formula is C16H11F3N4O2. The van der Waals surface area contributed by atoms with Gasteiger partial charge in [-0.05, 0) is 24.3 Å². The van der Waals surface area contributed by atoms with Gasteiger partial charge in [-0.2, -0.15) is 23.7 Å². The number of amides is 1. The van der Waals surface area contributed by atoms with Gasteiger partial charge in [-0.25, -0.2) is 0 Å². The number of alkyl halides is 3. The smallest absolute Gasteiger partial charge is 0.381 e. The van der Waals surface area contributed by atoms with Gasteiger partial charge in [-0.3, -0.25) is 4.79 Å². The molecule has 0 saturated carbocycles. The van der Waals surface area contributed by atoms with E-state index in [1.54, 1.807) is 0 Å². The van der Waals surface area contributed by atoms with Crippen LogP contribution in [0.2, 0.25) is 0 Å². The monoisotopic (exact) mass is 348 g/mol. The normalized spacial score (nSPS) is 12.1. The second kappa shape index (κ2) is 7.07. The Labute approximate surface area is 140 Å². The summed E-state index contributed by atoms with van der Waals surface area (Å²) in [4.78, 5) is 11.9. The van der Waals surface area contributed by atoms with E-state index < -0.39 is 29.3 Å². The van der Waals surface area contributed by atoms with Crippen LogP contribution in [0.5, 0.6) is 0 Å². The van der Waals surface area contributed by atoms with Crippen molar-refractivity contribution in [2.24, 2.45) is 0 Å². The third-order valence-electron chi connectivity index (χ3n) is 3.28. The number of nitrogens with one attached hydrogen (secondary N) is 1. The Bertz CT molecular complexity index is 875. The number of hydrogen-bond donors (Lipinski definition) is 2. The van der Waals surface area contributed by atoms with Crippen molar-refractivity contribution in [2.45, 2.75) is 18.8 Å². The van der Waals surface area contributed by atoms with Crippen LogP contribution < -0.4 is 5.32 Å². The highest BCUT2D eigenvalue weighted by atomic mass is 19.4. The lowest BCUT2D eigenvalue weighted by Crippen LogP contribution is -2.31. The number of hydrogen-bond acceptors (Lipinski definition) is 4. The van der Waals surface area contributed by atoms with E-state index >= 15 is 0 Å². The number of halogens is 3. The van der Waals surface area contributed by atoms with Crippen molar-refractivity contribution >= 4 is 11.6 Å². The number of rotatable bonds is 4. The molecule has 0 unspecified atom stereocenters. The number of carbonyl (C=O) groups excluding carboxylic acids is 1. The van der Waals surface area contributed by atoms with Gasteiger partial charge in [0.25, 0.3) is 5.91 Å². The topological polar surface area (TPSA) is 102 Å². The number of anilines is 1. The number of aromatic nitrogens is 1. The zero-order valence-corrected chi connectivity index (χ0v) is 12.6. The van der Waals surface area contributed by atoms with Gasteiger partial charge < -0.3 is 15.0 Å². The molecule has 0 fully saturated rings. The van der Waals surface area contributed by atoms with Crippen LogP contribution in [-0.2, 0) is 17.5 Å². The largest absolute Gasteiger partial charge is 0.417 e. The molecule has 0 saturated heterocycles. The summed E-state index contributed by atoms with van der Waals surface area (Å²) < 4.78 is 40.1.